The summed E-state index contributed by atoms with van der Waals surface area (Å²) in [5.41, 5.74) is 0.988. The first-order chi connectivity index (χ1) is 9.47. The van der Waals surface area contributed by atoms with Crippen LogP contribution in [0.2, 0.25) is 0 Å². The minimum atomic E-state index is -0.286. The normalized spacial score (nSPS) is 10.8. The average Bonchev–Trinajstić information content (AvgIpc) is 2.79. The Labute approximate surface area is 121 Å². The lowest BCUT2D eigenvalue weighted by atomic mass is 10.1. The number of amides is 1. The van der Waals surface area contributed by atoms with Crippen LogP contribution < -0.4 is 5.32 Å². The van der Waals surface area contributed by atoms with Crippen molar-refractivity contribution in [3.05, 3.63) is 34.3 Å². The molecule has 2 rings (SSSR count). The summed E-state index contributed by atoms with van der Waals surface area (Å²) < 4.78 is 0. The molecule has 106 valence electrons. The molecule has 2 aromatic rings. The number of aromatic hydroxyl groups is 1. The summed E-state index contributed by atoms with van der Waals surface area (Å²) in [7, 11) is 0. The number of benzene rings is 1. The summed E-state index contributed by atoms with van der Waals surface area (Å²) in [6, 6.07) is 4.86. The zero-order valence-electron chi connectivity index (χ0n) is 11.7. The van der Waals surface area contributed by atoms with Crippen LogP contribution in [0.1, 0.15) is 34.8 Å². The van der Waals surface area contributed by atoms with Crippen LogP contribution >= 0.6 is 11.3 Å². The van der Waals surface area contributed by atoms with Crippen LogP contribution in [0.3, 0.4) is 0 Å². The van der Waals surface area contributed by atoms with Gasteiger partial charge in [-0.15, -0.1) is 10.2 Å². The molecule has 0 aliphatic carbocycles. The Morgan fingerprint density at radius 3 is 2.85 bits per heavy atom. The van der Waals surface area contributed by atoms with Gasteiger partial charge < -0.3 is 5.11 Å². The maximum Gasteiger partial charge on any atom is 0.257 e. The fourth-order valence-corrected chi connectivity index (χ4v) is 2.72. The number of phenolic OH excluding ortho intramolecular Hbond substituents is 1. The third-order valence-electron chi connectivity index (χ3n) is 2.82. The lowest BCUT2D eigenvalue weighted by Gasteiger charge is -2.06. The van der Waals surface area contributed by atoms with Gasteiger partial charge in [0, 0.05) is 17.5 Å². The molecule has 1 aromatic carbocycles. The lowest BCUT2D eigenvalue weighted by molar-refractivity contribution is 0.102. The van der Waals surface area contributed by atoms with Crippen molar-refractivity contribution in [3.63, 3.8) is 0 Å². The molecule has 0 saturated heterocycles. The van der Waals surface area contributed by atoms with Gasteiger partial charge in [0.1, 0.15) is 10.8 Å². The van der Waals surface area contributed by atoms with Gasteiger partial charge in [-0.3, -0.25) is 10.1 Å². The highest BCUT2D eigenvalue weighted by atomic mass is 32.1. The van der Waals surface area contributed by atoms with Gasteiger partial charge in [-0.1, -0.05) is 31.3 Å². The largest absolute Gasteiger partial charge is 0.508 e. The second kappa shape index (κ2) is 6.00. The van der Waals surface area contributed by atoms with E-state index in [-0.39, 0.29) is 11.7 Å². The molecule has 0 spiro atoms. The van der Waals surface area contributed by atoms with Gasteiger partial charge in [-0.2, -0.15) is 0 Å². The average molecular weight is 291 g/mol. The molecule has 0 fully saturated rings. The highest BCUT2D eigenvalue weighted by Crippen LogP contribution is 2.22. The number of anilines is 1. The zero-order chi connectivity index (χ0) is 14.7. The Hall–Kier alpha value is -1.95. The van der Waals surface area contributed by atoms with Crippen LogP contribution in [0.5, 0.6) is 5.75 Å². The number of hydrogen-bond acceptors (Lipinski definition) is 5. The number of carbonyl (C=O) groups is 1. The summed E-state index contributed by atoms with van der Waals surface area (Å²) in [5.74, 6) is 0.320. The van der Waals surface area contributed by atoms with Crippen molar-refractivity contribution in [1.82, 2.24) is 10.2 Å². The van der Waals surface area contributed by atoms with Gasteiger partial charge in [-0.05, 0) is 25.0 Å². The first kappa shape index (κ1) is 14.5. The standard InChI is InChI=1S/C14H17N3O2S/c1-8(2)7-12-16-17-14(20-12)15-13(19)10-5-4-6-11(18)9(10)3/h4-6,8,18H,7H2,1-3H3,(H,15,17,19). The van der Waals surface area contributed by atoms with E-state index in [1.165, 1.54) is 11.3 Å². The van der Waals surface area contributed by atoms with E-state index in [9.17, 15) is 9.90 Å². The SMILES string of the molecule is Cc1c(O)cccc1C(=O)Nc1nnc(CC(C)C)s1. The highest BCUT2D eigenvalue weighted by molar-refractivity contribution is 7.15. The maximum atomic E-state index is 12.1. The monoisotopic (exact) mass is 291 g/mol. The van der Waals surface area contributed by atoms with Gasteiger partial charge in [0.2, 0.25) is 5.13 Å². The number of nitrogens with zero attached hydrogens (tertiary/aromatic N) is 2. The fraction of sp³-hybridized carbons (Fsp3) is 0.357. The Morgan fingerprint density at radius 1 is 1.40 bits per heavy atom. The van der Waals surface area contributed by atoms with Crippen molar-refractivity contribution in [2.24, 2.45) is 5.92 Å². The number of phenols is 1. The topological polar surface area (TPSA) is 75.1 Å². The van der Waals surface area contributed by atoms with Gasteiger partial charge >= 0.3 is 0 Å². The van der Waals surface area contributed by atoms with Crippen molar-refractivity contribution in [3.8, 4) is 5.75 Å². The van der Waals surface area contributed by atoms with E-state index >= 15 is 0 Å². The molecule has 0 aliphatic heterocycles. The second-order valence-corrected chi connectivity index (χ2v) is 6.06. The summed E-state index contributed by atoms with van der Waals surface area (Å²) in [6.45, 7) is 5.92. The minimum Gasteiger partial charge on any atom is -0.508 e. The van der Waals surface area contributed by atoms with Crippen molar-refractivity contribution in [1.29, 1.82) is 0 Å². The Kier molecular flexibility index (Phi) is 4.34. The molecule has 0 unspecified atom stereocenters. The third kappa shape index (κ3) is 3.33. The second-order valence-electron chi connectivity index (χ2n) is 5.00. The Balaban J connectivity index is 2.11. The summed E-state index contributed by atoms with van der Waals surface area (Å²) in [5, 5.41) is 21.7. The molecule has 0 atom stereocenters. The smallest absolute Gasteiger partial charge is 0.257 e. The van der Waals surface area contributed by atoms with Crippen LogP contribution in [-0.4, -0.2) is 21.2 Å². The van der Waals surface area contributed by atoms with Crippen LogP contribution in [0, 0.1) is 12.8 Å². The Morgan fingerprint density at radius 2 is 2.15 bits per heavy atom. The third-order valence-corrected chi connectivity index (χ3v) is 3.68. The molecule has 0 saturated carbocycles. The molecular weight excluding hydrogens is 274 g/mol. The number of nitrogens with one attached hydrogen (secondary N) is 1. The molecule has 0 radical (unpaired) electrons. The van der Waals surface area contributed by atoms with Crippen LogP contribution in [0.25, 0.3) is 0 Å². The Bertz CT molecular complexity index is 623. The molecule has 6 heteroatoms. The van der Waals surface area contributed by atoms with Gasteiger partial charge in [-0.25, -0.2) is 0 Å². The molecule has 20 heavy (non-hydrogen) atoms. The molecule has 0 bridgehead atoms. The predicted molar refractivity (Wildman–Crippen MR) is 79.2 cm³/mol. The molecule has 1 aromatic heterocycles. The van der Waals surface area contributed by atoms with E-state index in [1.807, 2.05) is 0 Å². The summed E-state index contributed by atoms with van der Waals surface area (Å²) in [6.07, 6.45) is 0.846. The maximum absolute atomic E-state index is 12.1. The van der Waals surface area contributed by atoms with Crippen LogP contribution in [0.4, 0.5) is 5.13 Å². The number of aromatic nitrogens is 2. The predicted octanol–water partition coefficient (Wildman–Crippen LogP) is 3.00. The first-order valence-corrected chi connectivity index (χ1v) is 7.21. The van der Waals surface area contributed by atoms with Crippen molar-refractivity contribution in [2.75, 3.05) is 5.32 Å². The van der Waals surface area contributed by atoms with Gasteiger partial charge in [0.25, 0.3) is 5.91 Å². The molecule has 1 heterocycles. The molecule has 5 nitrogen and oxygen atoms in total. The van der Waals surface area contributed by atoms with Crippen molar-refractivity contribution in [2.45, 2.75) is 27.2 Å². The molecule has 1 amide bonds. The van der Waals surface area contributed by atoms with Gasteiger partial charge in [0.05, 0.1) is 0 Å². The first-order valence-electron chi connectivity index (χ1n) is 6.39. The molecule has 0 aliphatic rings. The van der Waals surface area contributed by atoms with E-state index in [4.69, 9.17) is 0 Å². The van der Waals surface area contributed by atoms with E-state index in [0.29, 0.717) is 22.2 Å². The van der Waals surface area contributed by atoms with Crippen molar-refractivity contribution >= 4 is 22.4 Å². The molecule has 2 N–H and O–H groups in total. The lowest BCUT2D eigenvalue weighted by Crippen LogP contribution is -2.13. The minimum absolute atomic E-state index is 0.107. The highest BCUT2D eigenvalue weighted by Gasteiger charge is 2.14. The quantitative estimate of drug-likeness (QED) is 0.908. The van der Waals surface area contributed by atoms with E-state index < -0.39 is 0 Å². The van der Waals surface area contributed by atoms with Crippen LogP contribution in [-0.2, 0) is 6.42 Å². The number of rotatable bonds is 4. The zero-order valence-corrected chi connectivity index (χ0v) is 12.5. The van der Waals surface area contributed by atoms with Crippen LogP contribution in [0.15, 0.2) is 18.2 Å². The fourth-order valence-electron chi connectivity index (χ4n) is 1.77. The van der Waals surface area contributed by atoms with E-state index in [2.05, 4.69) is 29.4 Å². The van der Waals surface area contributed by atoms with Crippen molar-refractivity contribution < 1.29 is 9.90 Å². The molecular formula is C14H17N3O2S. The van der Waals surface area contributed by atoms with E-state index in [0.717, 1.165) is 11.4 Å². The summed E-state index contributed by atoms with van der Waals surface area (Å²) in [4.78, 5) is 12.1. The van der Waals surface area contributed by atoms with E-state index in [1.54, 1.807) is 25.1 Å². The van der Waals surface area contributed by atoms with Gasteiger partial charge in [0.15, 0.2) is 0 Å². The number of carbonyl (C=O) groups excluding carboxylic acids is 1. The number of hydrogen-bond donors (Lipinski definition) is 2. The summed E-state index contributed by atoms with van der Waals surface area (Å²) >= 11 is 1.38.